The number of carbonyl (C=O) groups excluding carboxylic acids is 1. The average molecular weight is 332 g/mol. The predicted molar refractivity (Wildman–Crippen MR) is 91.2 cm³/mol. The van der Waals surface area contributed by atoms with Crippen LogP contribution in [0.1, 0.15) is 52.0 Å². The molecule has 2 atom stereocenters. The summed E-state index contributed by atoms with van der Waals surface area (Å²) in [4.78, 5) is 28.0. The first-order valence-corrected chi connectivity index (χ1v) is 8.35. The van der Waals surface area contributed by atoms with E-state index in [2.05, 4.69) is 4.98 Å². The van der Waals surface area contributed by atoms with Gasteiger partial charge in [-0.05, 0) is 64.2 Å². The second kappa shape index (κ2) is 6.00. The molecule has 1 N–H and O–H groups in total. The Morgan fingerprint density at radius 1 is 1.38 bits per heavy atom. The lowest BCUT2D eigenvalue weighted by atomic mass is 9.86. The maximum Gasteiger partial charge on any atom is 0.417 e. The molecule has 1 aromatic heterocycles. The standard InChI is InChI=1S/C18H24N2O4/c1-11-9-13(7-8-20(11)17(22)24-18(2,3)4)12-5-6-14-15(10-12)23-16(21)19-14/h5-6,10-11,13H,7-9H2,1-4H3,(H,19,21)/t11-,13?/m1/s1. The van der Waals surface area contributed by atoms with Crippen LogP contribution in [0.2, 0.25) is 0 Å². The highest BCUT2D eigenvalue weighted by atomic mass is 16.6. The molecule has 0 radical (unpaired) electrons. The fourth-order valence-corrected chi connectivity index (χ4v) is 3.28. The van der Waals surface area contributed by atoms with Crippen molar-refractivity contribution in [1.29, 1.82) is 0 Å². The number of nitrogens with zero attached hydrogens (tertiary/aromatic N) is 1. The summed E-state index contributed by atoms with van der Waals surface area (Å²) in [5.74, 6) is -0.0986. The van der Waals surface area contributed by atoms with E-state index in [1.165, 1.54) is 0 Å². The summed E-state index contributed by atoms with van der Waals surface area (Å²) >= 11 is 0. The summed E-state index contributed by atoms with van der Waals surface area (Å²) in [5.41, 5.74) is 1.95. The van der Waals surface area contributed by atoms with Gasteiger partial charge in [0.15, 0.2) is 5.58 Å². The highest BCUT2D eigenvalue weighted by Crippen LogP contribution is 2.33. The van der Waals surface area contributed by atoms with E-state index >= 15 is 0 Å². The van der Waals surface area contributed by atoms with Crippen LogP contribution in [0.3, 0.4) is 0 Å². The number of aromatic amines is 1. The van der Waals surface area contributed by atoms with Crippen LogP contribution in [0.5, 0.6) is 0 Å². The van der Waals surface area contributed by atoms with E-state index in [-0.39, 0.29) is 12.1 Å². The highest BCUT2D eigenvalue weighted by Gasteiger charge is 2.32. The third kappa shape index (κ3) is 3.47. The van der Waals surface area contributed by atoms with E-state index in [1.807, 2.05) is 45.9 Å². The van der Waals surface area contributed by atoms with Gasteiger partial charge in [0, 0.05) is 12.6 Å². The molecule has 0 aliphatic carbocycles. The fourth-order valence-electron chi connectivity index (χ4n) is 3.28. The van der Waals surface area contributed by atoms with Crippen LogP contribution in [-0.2, 0) is 4.74 Å². The topological polar surface area (TPSA) is 75.5 Å². The fraction of sp³-hybridized carbons (Fsp3) is 0.556. The number of ether oxygens (including phenoxy) is 1. The van der Waals surface area contributed by atoms with Crippen molar-refractivity contribution in [3.05, 3.63) is 34.3 Å². The number of carbonyl (C=O) groups is 1. The molecule has 6 heteroatoms. The first kappa shape index (κ1) is 16.6. The van der Waals surface area contributed by atoms with E-state index in [4.69, 9.17) is 9.15 Å². The van der Waals surface area contributed by atoms with Gasteiger partial charge in [0.2, 0.25) is 0 Å². The molecular weight excluding hydrogens is 308 g/mol. The SMILES string of the molecule is C[C@@H]1CC(c2ccc3[nH]c(=O)oc3c2)CCN1C(=O)OC(C)(C)C. The summed E-state index contributed by atoms with van der Waals surface area (Å²) in [6, 6.07) is 5.93. The number of hydrogen-bond donors (Lipinski definition) is 1. The number of piperidine rings is 1. The zero-order valence-corrected chi connectivity index (χ0v) is 14.6. The maximum atomic E-state index is 12.3. The number of rotatable bonds is 1. The first-order valence-electron chi connectivity index (χ1n) is 8.35. The minimum absolute atomic E-state index is 0.104. The number of fused-ring (bicyclic) bond motifs is 1. The molecule has 0 spiro atoms. The smallest absolute Gasteiger partial charge is 0.417 e. The second-order valence-corrected chi connectivity index (χ2v) is 7.51. The molecule has 1 amide bonds. The molecular formula is C18H24N2O4. The van der Waals surface area contributed by atoms with Gasteiger partial charge in [0.25, 0.3) is 0 Å². The minimum Gasteiger partial charge on any atom is -0.444 e. The summed E-state index contributed by atoms with van der Waals surface area (Å²) in [5, 5.41) is 0. The number of H-pyrrole nitrogens is 1. The third-order valence-electron chi connectivity index (χ3n) is 4.42. The molecule has 3 rings (SSSR count). The van der Waals surface area contributed by atoms with Crippen LogP contribution >= 0.6 is 0 Å². The number of oxazole rings is 1. The Morgan fingerprint density at radius 3 is 2.79 bits per heavy atom. The second-order valence-electron chi connectivity index (χ2n) is 7.51. The summed E-state index contributed by atoms with van der Waals surface area (Å²) in [6.45, 7) is 8.34. The van der Waals surface area contributed by atoms with Crippen LogP contribution < -0.4 is 5.76 Å². The largest absolute Gasteiger partial charge is 0.444 e. The monoisotopic (exact) mass is 332 g/mol. The number of hydrogen-bond acceptors (Lipinski definition) is 4. The van der Waals surface area contributed by atoms with Crippen molar-refractivity contribution in [3.63, 3.8) is 0 Å². The van der Waals surface area contributed by atoms with E-state index in [0.29, 0.717) is 23.6 Å². The van der Waals surface area contributed by atoms with Crippen LogP contribution in [0, 0.1) is 0 Å². The molecule has 1 saturated heterocycles. The Morgan fingerprint density at radius 2 is 2.12 bits per heavy atom. The lowest BCUT2D eigenvalue weighted by Crippen LogP contribution is -2.46. The zero-order valence-electron chi connectivity index (χ0n) is 14.6. The molecule has 2 aromatic rings. The van der Waals surface area contributed by atoms with Crippen LogP contribution in [0.15, 0.2) is 27.4 Å². The first-order chi connectivity index (χ1) is 11.2. The van der Waals surface area contributed by atoms with Crippen LogP contribution in [0.25, 0.3) is 11.1 Å². The Bertz CT molecular complexity index is 799. The van der Waals surface area contributed by atoms with Crippen molar-refractivity contribution in [1.82, 2.24) is 9.88 Å². The number of likely N-dealkylation sites (tertiary alicyclic amines) is 1. The van der Waals surface area contributed by atoms with Gasteiger partial charge in [0.05, 0.1) is 5.52 Å². The molecule has 24 heavy (non-hydrogen) atoms. The van der Waals surface area contributed by atoms with Crippen molar-refractivity contribution in [3.8, 4) is 0 Å². The van der Waals surface area contributed by atoms with Crippen molar-refractivity contribution >= 4 is 17.2 Å². The van der Waals surface area contributed by atoms with Crippen molar-refractivity contribution in [2.24, 2.45) is 0 Å². The van der Waals surface area contributed by atoms with Gasteiger partial charge in [0.1, 0.15) is 5.60 Å². The molecule has 1 aliphatic rings. The molecule has 130 valence electrons. The third-order valence-corrected chi connectivity index (χ3v) is 4.42. The Labute approximate surface area is 140 Å². The lowest BCUT2D eigenvalue weighted by Gasteiger charge is -2.38. The van der Waals surface area contributed by atoms with Gasteiger partial charge in [-0.2, -0.15) is 0 Å². The molecule has 0 bridgehead atoms. The Balaban J connectivity index is 1.72. The number of nitrogens with one attached hydrogen (secondary N) is 1. The Hall–Kier alpha value is -2.24. The van der Waals surface area contributed by atoms with Crippen LogP contribution in [-0.4, -0.2) is 34.2 Å². The molecule has 1 fully saturated rings. The summed E-state index contributed by atoms with van der Waals surface area (Å²) < 4.78 is 10.6. The quantitative estimate of drug-likeness (QED) is 0.865. The molecule has 0 saturated carbocycles. The van der Waals surface area contributed by atoms with Crippen molar-refractivity contribution < 1.29 is 13.9 Å². The van der Waals surface area contributed by atoms with Gasteiger partial charge in [-0.3, -0.25) is 4.98 Å². The summed E-state index contributed by atoms with van der Waals surface area (Å²) in [6.07, 6.45) is 1.48. The number of aromatic nitrogens is 1. The minimum atomic E-state index is -0.482. The van der Waals surface area contributed by atoms with E-state index in [1.54, 1.807) is 4.90 Å². The maximum absolute atomic E-state index is 12.3. The molecule has 1 unspecified atom stereocenters. The van der Waals surface area contributed by atoms with Gasteiger partial charge in [-0.25, -0.2) is 9.59 Å². The number of amides is 1. The van der Waals surface area contributed by atoms with Gasteiger partial charge < -0.3 is 14.1 Å². The zero-order chi connectivity index (χ0) is 17.5. The van der Waals surface area contributed by atoms with E-state index in [9.17, 15) is 9.59 Å². The predicted octanol–water partition coefficient (Wildman–Crippen LogP) is 3.62. The normalized spacial score (nSPS) is 21.9. The Kier molecular flexibility index (Phi) is 4.15. The lowest BCUT2D eigenvalue weighted by molar-refractivity contribution is 0.0103. The van der Waals surface area contributed by atoms with Crippen LogP contribution in [0.4, 0.5) is 4.79 Å². The van der Waals surface area contributed by atoms with E-state index in [0.717, 1.165) is 18.4 Å². The molecule has 1 aromatic carbocycles. The molecule has 6 nitrogen and oxygen atoms in total. The van der Waals surface area contributed by atoms with Gasteiger partial charge in [-0.15, -0.1) is 0 Å². The molecule has 2 heterocycles. The number of benzene rings is 1. The summed E-state index contributed by atoms with van der Waals surface area (Å²) in [7, 11) is 0. The molecule has 1 aliphatic heterocycles. The van der Waals surface area contributed by atoms with Gasteiger partial charge in [-0.1, -0.05) is 6.07 Å². The average Bonchev–Trinajstić information content (AvgIpc) is 2.84. The highest BCUT2D eigenvalue weighted by molar-refractivity contribution is 5.73. The van der Waals surface area contributed by atoms with Gasteiger partial charge >= 0.3 is 11.8 Å². The van der Waals surface area contributed by atoms with Crippen molar-refractivity contribution in [2.75, 3.05) is 6.54 Å². The van der Waals surface area contributed by atoms with E-state index < -0.39 is 11.4 Å². The van der Waals surface area contributed by atoms with Crippen molar-refractivity contribution in [2.45, 2.75) is 58.1 Å².